The molecular formula is C15H16FN3O. The number of halogens is 1. The van der Waals surface area contributed by atoms with E-state index in [1.54, 1.807) is 12.1 Å². The summed E-state index contributed by atoms with van der Waals surface area (Å²) in [5.41, 5.74) is 1.88. The Balaban J connectivity index is 1.82. The van der Waals surface area contributed by atoms with Gasteiger partial charge in [-0.15, -0.1) is 0 Å². The normalized spacial score (nSPS) is 15.4. The highest BCUT2D eigenvalue weighted by Crippen LogP contribution is 2.23. The van der Waals surface area contributed by atoms with Gasteiger partial charge < -0.3 is 5.32 Å². The highest BCUT2D eigenvalue weighted by Gasteiger charge is 2.21. The van der Waals surface area contributed by atoms with E-state index in [0.717, 1.165) is 18.4 Å². The van der Waals surface area contributed by atoms with E-state index in [9.17, 15) is 9.18 Å². The third-order valence-corrected chi connectivity index (χ3v) is 3.71. The molecule has 20 heavy (non-hydrogen) atoms. The number of amides is 1. The third kappa shape index (κ3) is 2.57. The lowest BCUT2D eigenvalue weighted by Gasteiger charge is -2.11. The van der Waals surface area contributed by atoms with E-state index >= 15 is 0 Å². The molecule has 1 aliphatic carbocycles. The van der Waals surface area contributed by atoms with Gasteiger partial charge in [-0.1, -0.05) is 12.8 Å². The molecule has 5 heteroatoms. The maximum absolute atomic E-state index is 13.0. The molecule has 3 rings (SSSR count). The van der Waals surface area contributed by atoms with Gasteiger partial charge in [0.05, 0.1) is 17.5 Å². The molecule has 1 saturated carbocycles. The largest absolute Gasteiger partial charge is 0.349 e. The Morgan fingerprint density at radius 2 is 1.95 bits per heavy atom. The van der Waals surface area contributed by atoms with Crippen LogP contribution in [0.1, 0.15) is 36.0 Å². The van der Waals surface area contributed by atoms with Crippen molar-refractivity contribution in [3.8, 4) is 11.3 Å². The molecule has 0 saturated heterocycles. The van der Waals surface area contributed by atoms with Crippen molar-refractivity contribution in [3.05, 3.63) is 41.8 Å². The molecule has 4 nitrogen and oxygen atoms in total. The second-order valence-electron chi connectivity index (χ2n) is 5.12. The van der Waals surface area contributed by atoms with Crippen LogP contribution in [0.2, 0.25) is 0 Å². The van der Waals surface area contributed by atoms with Crippen molar-refractivity contribution in [2.75, 3.05) is 0 Å². The van der Waals surface area contributed by atoms with Crippen LogP contribution in [0.5, 0.6) is 0 Å². The fourth-order valence-corrected chi connectivity index (χ4v) is 2.63. The number of hydrogen-bond donors (Lipinski definition) is 2. The van der Waals surface area contributed by atoms with Crippen LogP contribution in [0.15, 0.2) is 30.5 Å². The van der Waals surface area contributed by atoms with Gasteiger partial charge in [-0.2, -0.15) is 5.10 Å². The van der Waals surface area contributed by atoms with Crippen molar-refractivity contribution in [3.63, 3.8) is 0 Å². The van der Waals surface area contributed by atoms with Crippen molar-refractivity contribution in [1.82, 2.24) is 15.5 Å². The monoisotopic (exact) mass is 273 g/mol. The van der Waals surface area contributed by atoms with E-state index in [1.165, 1.54) is 31.2 Å². The maximum Gasteiger partial charge on any atom is 0.255 e. The molecule has 104 valence electrons. The number of aromatic nitrogens is 2. The number of benzene rings is 1. The first-order valence-corrected chi connectivity index (χ1v) is 6.84. The zero-order chi connectivity index (χ0) is 13.9. The number of nitrogens with zero attached hydrogens (tertiary/aromatic N) is 1. The van der Waals surface area contributed by atoms with Gasteiger partial charge >= 0.3 is 0 Å². The number of nitrogens with one attached hydrogen (secondary N) is 2. The number of H-pyrrole nitrogens is 1. The first-order valence-electron chi connectivity index (χ1n) is 6.84. The summed E-state index contributed by atoms with van der Waals surface area (Å²) in [4.78, 5) is 12.3. The van der Waals surface area contributed by atoms with Crippen LogP contribution >= 0.6 is 0 Å². The molecule has 0 spiro atoms. The van der Waals surface area contributed by atoms with E-state index in [2.05, 4.69) is 15.5 Å². The van der Waals surface area contributed by atoms with Gasteiger partial charge in [0.1, 0.15) is 5.82 Å². The zero-order valence-electron chi connectivity index (χ0n) is 11.0. The minimum atomic E-state index is -0.301. The highest BCUT2D eigenvalue weighted by atomic mass is 19.1. The standard InChI is InChI=1S/C15H16FN3O/c16-11-7-5-10(6-8-11)14-13(9-17-19-14)15(20)18-12-3-1-2-4-12/h5-9,12H,1-4H2,(H,17,19)(H,18,20). The minimum absolute atomic E-state index is 0.120. The number of carbonyl (C=O) groups is 1. The lowest BCUT2D eigenvalue weighted by atomic mass is 10.1. The quantitative estimate of drug-likeness (QED) is 0.903. The van der Waals surface area contributed by atoms with Crippen LogP contribution < -0.4 is 5.32 Å². The van der Waals surface area contributed by atoms with Crippen LogP contribution in [0.25, 0.3) is 11.3 Å². The predicted octanol–water partition coefficient (Wildman–Crippen LogP) is 2.89. The lowest BCUT2D eigenvalue weighted by molar-refractivity contribution is 0.0938. The summed E-state index contributed by atoms with van der Waals surface area (Å²) in [7, 11) is 0. The highest BCUT2D eigenvalue weighted by molar-refractivity contribution is 5.99. The minimum Gasteiger partial charge on any atom is -0.349 e. The Labute approximate surface area is 116 Å². The van der Waals surface area contributed by atoms with Crippen molar-refractivity contribution < 1.29 is 9.18 Å². The Kier molecular flexibility index (Phi) is 3.50. The van der Waals surface area contributed by atoms with E-state index in [1.807, 2.05) is 0 Å². The summed E-state index contributed by atoms with van der Waals surface area (Å²) in [6.07, 6.45) is 5.93. The Morgan fingerprint density at radius 1 is 1.25 bits per heavy atom. The average Bonchev–Trinajstić information content (AvgIpc) is 3.10. The molecule has 2 aromatic rings. The molecule has 0 aliphatic heterocycles. The average molecular weight is 273 g/mol. The molecule has 0 atom stereocenters. The van der Waals surface area contributed by atoms with Crippen LogP contribution in [0.4, 0.5) is 4.39 Å². The SMILES string of the molecule is O=C(NC1CCCC1)c1cn[nH]c1-c1ccc(F)cc1. The summed E-state index contributed by atoms with van der Waals surface area (Å²) < 4.78 is 13.0. The van der Waals surface area contributed by atoms with Crippen LogP contribution in [-0.2, 0) is 0 Å². The third-order valence-electron chi connectivity index (χ3n) is 3.71. The molecule has 0 bridgehead atoms. The van der Waals surface area contributed by atoms with Crippen LogP contribution in [-0.4, -0.2) is 22.1 Å². The fraction of sp³-hybridized carbons (Fsp3) is 0.333. The number of rotatable bonds is 3. The van der Waals surface area contributed by atoms with Crippen LogP contribution in [0, 0.1) is 5.82 Å². The topological polar surface area (TPSA) is 57.8 Å². The van der Waals surface area contributed by atoms with E-state index in [0.29, 0.717) is 11.3 Å². The summed E-state index contributed by atoms with van der Waals surface area (Å²) in [5.74, 6) is -0.421. The zero-order valence-corrected chi connectivity index (χ0v) is 11.0. The van der Waals surface area contributed by atoms with Gasteiger partial charge in [0.15, 0.2) is 0 Å². The molecule has 1 aromatic carbocycles. The molecular weight excluding hydrogens is 257 g/mol. The Morgan fingerprint density at radius 3 is 2.65 bits per heavy atom. The van der Waals surface area contributed by atoms with Gasteiger partial charge in [-0.3, -0.25) is 9.89 Å². The molecule has 1 aromatic heterocycles. The predicted molar refractivity (Wildman–Crippen MR) is 73.7 cm³/mol. The van der Waals surface area contributed by atoms with Gasteiger partial charge in [0.25, 0.3) is 5.91 Å². The van der Waals surface area contributed by atoms with Crippen molar-refractivity contribution in [1.29, 1.82) is 0 Å². The van der Waals surface area contributed by atoms with Crippen LogP contribution in [0.3, 0.4) is 0 Å². The van der Waals surface area contributed by atoms with Crippen molar-refractivity contribution in [2.24, 2.45) is 0 Å². The van der Waals surface area contributed by atoms with Gasteiger partial charge in [0, 0.05) is 11.6 Å². The number of hydrogen-bond acceptors (Lipinski definition) is 2. The smallest absolute Gasteiger partial charge is 0.255 e. The second-order valence-corrected chi connectivity index (χ2v) is 5.12. The number of aromatic amines is 1. The Hall–Kier alpha value is -2.17. The van der Waals surface area contributed by atoms with Crippen molar-refractivity contribution in [2.45, 2.75) is 31.7 Å². The summed E-state index contributed by atoms with van der Waals surface area (Å²) in [5, 5.41) is 9.78. The molecule has 1 fully saturated rings. The van der Waals surface area contributed by atoms with Gasteiger partial charge in [0.2, 0.25) is 0 Å². The maximum atomic E-state index is 13.0. The summed E-state index contributed by atoms with van der Waals surface area (Å²) >= 11 is 0. The van der Waals surface area contributed by atoms with Gasteiger partial charge in [-0.05, 0) is 37.1 Å². The number of carbonyl (C=O) groups excluding carboxylic acids is 1. The molecule has 1 aliphatic rings. The molecule has 0 unspecified atom stereocenters. The molecule has 0 radical (unpaired) electrons. The van der Waals surface area contributed by atoms with E-state index < -0.39 is 0 Å². The molecule has 1 heterocycles. The molecule has 2 N–H and O–H groups in total. The lowest BCUT2D eigenvalue weighted by Crippen LogP contribution is -2.32. The van der Waals surface area contributed by atoms with Crippen molar-refractivity contribution >= 4 is 5.91 Å². The first kappa shape index (κ1) is 12.8. The van der Waals surface area contributed by atoms with Gasteiger partial charge in [-0.25, -0.2) is 4.39 Å². The summed E-state index contributed by atoms with van der Waals surface area (Å²) in [6.45, 7) is 0. The van der Waals surface area contributed by atoms with E-state index in [-0.39, 0.29) is 17.8 Å². The van der Waals surface area contributed by atoms with E-state index in [4.69, 9.17) is 0 Å². The second kappa shape index (κ2) is 5.45. The fourth-order valence-electron chi connectivity index (χ4n) is 2.63. The summed E-state index contributed by atoms with van der Waals surface area (Å²) in [6, 6.07) is 6.27. The molecule has 1 amide bonds. The Bertz CT molecular complexity index is 600. The first-order chi connectivity index (χ1) is 9.74.